The second-order valence-electron chi connectivity index (χ2n) is 9.46. The van der Waals surface area contributed by atoms with Crippen molar-refractivity contribution in [2.75, 3.05) is 24.7 Å². The van der Waals surface area contributed by atoms with Crippen molar-refractivity contribution in [3.63, 3.8) is 0 Å². The Morgan fingerprint density at radius 2 is 2.03 bits per heavy atom. The van der Waals surface area contributed by atoms with Gasteiger partial charge in [-0.3, -0.25) is 4.79 Å². The molecule has 1 amide bonds. The van der Waals surface area contributed by atoms with Gasteiger partial charge in [0.05, 0.1) is 10.7 Å². The van der Waals surface area contributed by atoms with Crippen LogP contribution in [0.25, 0.3) is 0 Å². The Labute approximate surface area is 197 Å². The first-order valence-electron chi connectivity index (χ1n) is 11.7. The number of hydrogen-bond donors (Lipinski definition) is 2. The molecule has 2 aromatic rings. The van der Waals surface area contributed by atoms with Crippen LogP contribution in [-0.4, -0.2) is 47.9 Å². The number of benzene rings is 1. The van der Waals surface area contributed by atoms with Crippen molar-refractivity contribution in [2.24, 2.45) is 23.5 Å². The highest BCUT2D eigenvalue weighted by atomic mass is 35.5. The van der Waals surface area contributed by atoms with E-state index in [-0.39, 0.29) is 17.6 Å². The first-order valence-corrected chi connectivity index (χ1v) is 12.1. The normalized spacial score (nSPS) is 27.5. The lowest BCUT2D eigenvalue weighted by Crippen LogP contribution is -2.35. The first kappa shape index (κ1) is 22.5. The molecule has 1 aliphatic carbocycles. The number of fused-ring (bicyclic) bond motifs is 1. The summed E-state index contributed by atoms with van der Waals surface area (Å²) in [6.45, 7) is 2.71. The zero-order valence-electron chi connectivity index (χ0n) is 18.4. The fraction of sp³-hybridized carbons (Fsp3) is 0.542. The number of ether oxygens (including phenoxy) is 1. The zero-order valence-corrected chi connectivity index (χ0v) is 19.2. The summed E-state index contributed by atoms with van der Waals surface area (Å²) >= 11 is 6.52. The van der Waals surface area contributed by atoms with Gasteiger partial charge >= 0.3 is 0 Å². The Morgan fingerprint density at radius 3 is 2.76 bits per heavy atom. The van der Waals surface area contributed by atoms with E-state index < -0.39 is 5.91 Å². The van der Waals surface area contributed by atoms with Gasteiger partial charge in [0.1, 0.15) is 5.82 Å². The maximum atomic E-state index is 14.2. The van der Waals surface area contributed by atoms with Crippen molar-refractivity contribution in [3.8, 4) is 0 Å². The molecule has 9 heteroatoms. The molecule has 7 nitrogen and oxygen atoms in total. The maximum Gasteiger partial charge on any atom is 0.269 e. The van der Waals surface area contributed by atoms with Crippen molar-refractivity contribution in [3.05, 3.63) is 46.9 Å². The van der Waals surface area contributed by atoms with E-state index in [0.717, 1.165) is 45.4 Å². The summed E-state index contributed by atoms with van der Waals surface area (Å²) < 4.78 is 19.8. The monoisotopic (exact) mass is 473 g/mol. The van der Waals surface area contributed by atoms with E-state index in [2.05, 4.69) is 15.5 Å². The van der Waals surface area contributed by atoms with Gasteiger partial charge in [-0.25, -0.2) is 4.39 Å². The molecule has 0 spiro atoms. The van der Waals surface area contributed by atoms with E-state index in [9.17, 15) is 9.18 Å². The van der Waals surface area contributed by atoms with Crippen molar-refractivity contribution in [2.45, 2.75) is 44.2 Å². The topological polar surface area (TPSA) is 93.4 Å². The van der Waals surface area contributed by atoms with Gasteiger partial charge in [0, 0.05) is 25.3 Å². The average Bonchev–Trinajstić information content (AvgIpc) is 3.39. The number of rotatable bonds is 6. The average molecular weight is 474 g/mol. The zero-order chi connectivity index (χ0) is 22.9. The minimum atomic E-state index is -0.637. The summed E-state index contributed by atoms with van der Waals surface area (Å²) in [5.74, 6) is 1.33. The van der Waals surface area contributed by atoms with Crippen LogP contribution in [0, 0.1) is 23.6 Å². The molecular formula is C24H29ClFN5O2. The molecule has 1 aromatic carbocycles. The van der Waals surface area contributed by atoms with E-state index in [1.165, 1.54) is 18.6 Å². The van der Waals surface area contributed by atoms with Gasteiger partial charge in [-0.15, -0.1) is 10.2 Å². The highest BCUT2D eigenvalue weighted by Gasteiger charge is 2.46. The lowest BCUT2D eigenvalue weighted by atomic mass is 9.85. The predicted molar refractivity (Wildman–Crippen MR) is 124 cm³/mol. The second kappa shape index (κ2) is 9.52. The summed E-state index contributed by atoms with van der Waals surface area (Å²) in [5.41, 5.74) is 5.99. The van der Waals surface area contributed by atoms with Crippen LogP contribution >= 0.6 is 11.6 Å². The van der Waals surface area contributed by atoms with Crippen molar-refractivity contribution < 1.29 is 13.9 Å². The van der Waals surface area contributed by atoms with Gasteiger partial charge in [0.25, 0.3) is 5.91 Å². The van der Waals surface area contributed by atoms with E-state index in [0.29, 0.717) is 40.3 Å². The molecule has 5 rings (SSSR count). The van der Waals surface area contributed by atoms with E-state index >= 15 is 0 Å². The second-order valence-corrected chi connectivity index (χ2v) is 9.87. The Morgan fingerprint density at radius 1 is 1.21 bits per heavy atom. The maximum absolute atomic E-state index is 14.2. The highest BCUT2D eigenvalue weighted by Crippen LogP contribution is 2.46. The number of carbonyl (C=O) groups is 1. The Hall–Kier alpha value is -2.29. The molecule has 0 bridgehead atoms. The van der Waals surface area contributed by atoms with Crippen LogP contribution in [0.15, 0.2) is 30.3 Å². The lowest BCUT2D eigenvalue weighted by Gasteiger charge is -2.32. The largest absolute Gasteiger partial charge is 0.381 e. The number of hydrogen-bond acceptors (Lipinski definition) is 6. The van der Waals surface area contributed by atoms with Crippen molar-refractivity contribution in [1.82, 2.24) is 15.5 Å². The Kier molecular flexibility index (Phi) is 6.49. The molecule has 2 saturated heterocycles. The molecule has 1 aromatic heterocycles. The number of nitrogens with zero attached hydrogens (tertiary/aromatic N) is 3. The van der Waals surface area contributed by atoms with Crippen molar-refractivity contribution >= 4 is 29.0 Å². The molecular weight excluding hydrogens is 445 g/mol. The van der Waals surface area contributed by atoms with Crippen molar-refractivity contribution in [1.29, 1.82) is 0 Å². The summed E-state index contributed by atoms with van der Waals surface area (Å²) in [7, 11) is 0. The fourth-order valence-electron chi connectivity index (χ4n) is 5.88. The molecule has 3 heterocycles. The number of aromatic nitrogens is 2. The number of nitrogens with two attached hydrogens (primary N) is 1. The molecule has 33 heavy (non-hydrogen) atoms. The summed E-state index contributed by atoms with van der Waals surface area (Å²) in [6.07, 6.45) is 5.34. The number of halogens is 2. The molecule has 176 valence electrons. The Bertz CT molecular complexity index is 1000. The Balaban J connectivity index is 1.41. The van der Waals surface area contributed by atoms with Gasteiger partial charge in [0.2, 0.25) is 0 Å². The summed E-state index contributed by atoms with van der Waals surface area (Å²) in [6, 6.07) is 8.20. The molecule has 1 saturated carbocycles. The fourth-order valence-corrected chi connectivity index (χ4v) is 6.09. The van der Waals surface area contributed by atoms with Gasteiger partial charge in [-0.05, 0) is 86.7 Å². The number of nitrogens with one attached hydrogen (secondary N) is 1. The minimum Gasteiger partial charge on any atom is -0.381 e. The summed E-state index contributed by atoms with van der Waals surface area (Å²) in [4.78, 5) is 13.5. The van der Waals surface area contributed by atoms with Crippen LogP contribution in [0.2, 0.25) is 5.02 Å². The highest BCUT2D eigenvalue weighted by molar-refractivity contribution is 6.33. The van der Waals surface area contributed by atoms with Gasteiger partial charge in [-0.2, -0.15) is 0 Å². The number of primary amides is 1. The molecule has 4 atom stereocenters. The summed E-state index contributed by atoms with van der Waals surface area (Å²) in [5, 5.41) is 12.5. The van der Waals surface area contributed by atoms with Crippen LogP contribution < -0.4 is 16.0 Å². The van der Waals surface area contributed by atoms with E-state index in [1.54, 1.807) is 18.2 Å². The van der Waals surface area contributed by atoms with E-state index in [4.69, 9.17) is 22.1 Å². The quantitative estimate of drug-likeness (QED) is 0.664. The number of amides is 1. The molecule has 3 fully saturated rings. The molecule has 3 N–H and O–H groups in total. The van der Waals surface area contributed by atoms with Crippen LogP contribution in [0.5, 0.6) is 0 Å². The standard InChI is InChI=1S/C24H29ClFN5O2/c25-19-2-1-16(26)11-22(19)31(23-4-3-20(24(27)32)29-30-23)17-10-15-13-28-21(18(15)12-17)9-14-5-7-33-8-6-14/h1-4,11,14-15,17-18,21,28H,5-10,12-13H2,(H2,27,32)/t15-,17+,18+,21+/m1/s1. The predicted octanol–water partition coefficient (Wildman–Crippen LogP) is 3.69. The van der Waals surface area contributed by atoms with Crippen LogP contribution in [0.1, 0.15) is 42.6 Å². The van der Waals surface area contributed by atoms with E-state index in [1.807, 2.05) is 4.90 Å². The van der Waals surface area contributed by atoms with Crippen LogP contribution in [0.4, 0.5) is 15.9 Å². The van der Waals surface area contributed by atoms with Gasteiger partial charge in [-0.1, -0.05) is 11.6 Å². The first-order chi connectivity index (χ1) is 16.0. The third kappa shape index (κ3) is 4.69. The van der Waals surface area contributed by atoms with Crippen LogP contribution in [0.3, 0.4) is 0 Å². The molecule has 0 radical (unpaired) electrons. The number of carbonyl (C=O) groups excluding carboxylic acids is 1. The minimum absolute atomic E-state index is 0.0908. The number of anilines is 2. The van der Waals surface area contributed by atoms with Crippen LogP contribution in [-0.2, 0) is 4.74 Å². The van der Waals surface area contributed by atoms with Gasteiger partial charge < -0.3 is 20.7 Å². The lowest BCUT2D eigenvalue weighted by molar-refractivity contribution is 0.0593. The molecule has 0 unspecified atom stereocenters. The van der Waals surface area contributed by atoms with Gasteiger partial charge in [0.15, 0.2) is 11.5 Å². The smallest absolute Gasteiger partial charge is 0.269 e. The third-order valence-electron chi connectivity index (χ3n) is 7.49. The SMILES string of the molecule is NC(=O)c1ccc(N(c2cc(F)ccc2Cl)[C@H]2C[C@@H]3CN[C@@H](CC4CCOCC4)[C@H]3C2)nn1. The molecule has 2 aliphatic heterocycles. The third-order valence-corrected chi connectivity index (χ3v) is 7.81. The molecule has 3 aliphatic rings.